The highest BCUT2D eigenvalue weighted by Crippen LogP contribution is 2.39. The summed E-state index contributed by atoms with van der Waals surface area (Å²) in [7, 11) is 3.67. The zero-order valence-electron chi connectivity index (χ0n) is 16.5. The molecule has 1 aliphatic carbocycles. The Hall–Kier alpha value is -2.44. The molecule has 27 heavy (non-hydrogen) atoms. The van der Waals surface area contributed by atoms with Gasteiger partial charge in [-0.1, -0.05) is 18.9 Å². The van der Waals surface area contributed by atoms with E-state index < -0.39 is 0 Å². The van der Waals surface area contributed by atoms with E-state index in [1.807, 2.05) is 39.2 Å². The third kappa shape index (κ3) is 4.46. The quantitative estimate of drug-likeness (QED) is 0.589. The number of amides is 1. The van der Waals surface area contributed by atoms with Crippen LogP contribution in [0.2, 0.25) is 0 Å². The molecule has 0 spiro atoms. The van der Waals surface area contributed by atoms with Crippen LogP contribution in [0.15, 0.2) is 23.2 Å². The summed E-state index contributed by atoms with van der Waals surface area (Å²) < 4.78 is 10.8. The highest BCUT2D eigenvalue weighted by Gasteiger charge is 2.42. The maximum Gasteiger partial charge on any atom is 0.231 e. The van der Waals surface area contributed by atoms with Crippen LogP contribution in [0.4, 0.5) is 0 Å². The molecular weight excluding hydrogens is 344 g/mol. The van der Waals surface area contributed by atoms with Crippen molar-refractivity contribution in [2.24, 2.45) is 10.4 Å². The molecule has 0 aromatic heterocycles. The smallest absolute Gasteiger partial charge is 0.231 e. The fourth-order valence-electron chi connectivity index (χ4n) is 3.80. The van der Waals surface area contributed by atoms with Gasteiger partial charge in [0, 0.05) is 27.2 Å². The first-order chi connectivity index (χ1) is 13.0. The lowest BCUT2D eigenvalue weighted by Crippen LogP contribution is -2.49. The minimum Gasteiger partial charge on any atom is -0.454 e. The molecule has 2 N–H and O–H groups in total. The van der Waals surface area contributed by atoms with Crippen molar-refractivity contribution in [2.75, 3.05) is 34.0 Å². The number of carbonyl (C=O) groups is 1. The van der Waals surface area contributed by atoms with E-state index in [1.165, 1.54) is 0 Å². The number of hydrogen-bond acceptors (Lipinski definition) is 4. The fraction of sp³-hybridized carbons (Fsp3) is 0.600. The molecule has 1 aromatic carbocycles. The number of rotatable bonds is 6. The second-order valence-electron chi connectivity index (χ2n) is 7.42. The molecule has 1 aromatic rings. The van der Waals surface area contributed by atoms with Crippen molar-refractivity contribution < 1.29 is 14.3 Å². The van der Waals surface area contributed by atoms with Gasteiger partial charge >= 0.3 is 0 Å². The largest absolute Gasteiger partial charge is 0.454 e. The number of fused-ring (bicyclic) bond motifs is 1. The van der Waals surface area contributed by atoms with Crippen LogP contribution < -0.4 is 20.1 Å². The van der Waals surface area contributed by atoms with Gasteiger partial charge in [0.15, 0.2) is 17.5 Å². The summed E-state index contributed by atoms with van der Waals surface area (Å²) in [6, 6.07) is 5.87. The van der Waals surface area contributed by atoms with Crippen LogP contribution in [0.25, 0.3) is 0 Å². The Morgan fingerprint density at radius 2 is 1.93 bits per heavy atom. The summed E-state index contributed by atoms with van der Waals surface area (Å²) in [5.41, 5.74) is 0.731. The van der Waals surface area contributed by atoms with Crippen LogP contribution in [0, 0.1) is 5.41 Å². The second-order valence-corrected chi connectivity index (χ2v) is 7.42. The number of ether oxygens (including phenoxy) is 2. The molecular formula is C20H30N4O3. The first-order valence-electron chi connectivity index (χ1n) is 9.66. The molecule has 0 atom stereocenters. The molecule has 7 nitrogen and oxygen atoms in total. The molecule has 1 amide bonds. The van der Waals surface area contributed by atoms with Gasteiger partial charge < -0.3 is 25.0 Å². The normalized spacial score (nSPS) is 17.7. The molecule has 0 unspecified atom stereocenters. The molecule has 1 fully saturated rings. The summed E-state index contributed by atoms with van der Waals surface area (Å²) in [5.74, 6) is 2.48. The van der Waals surface area contributed by atoms with E-state index in [9.17, 15) is 4.79 Å². The van der Waals surface area contributed by atoms with E-state index in [1.54, 1.807) is 4.90 Å². The van der Waals surface area contributed by atoms with E-state index in [0.717, 1.165) is 55.3 Å². The molecule has 3 rings (SSSR count). The topological polar surface area (TPSA) is 75.2 Å². The average Bonchev–Trinajstić information content (AvgIpc) is 3.32. The Balaban J connectivity index is 1.66. The number of carbonyl (C=O) groups excluding carboxylic acids is 1. The predicted octanol–water partition coefficient (Wildman–Crippen LogP) is 2.12. The van der Waals surface area contributed by atoms with Gasteiger partial charge in [-0.15, -0.1) is 0 Å². The Morgan fingerprint density at radius 3 is 2.63 bits per heavy atom. The predicted molar refractivity (Wildman–Crippen MR) is 105 cm³/mol. The summed E-state index contributed by atoms with van der Waals surface area (Å²) in [6.07, 6.45) is 4.06. The average molecular weight is 374 g/mol. The van der Waals surface area contributed by atoms with Gasteiger partial charge in [0.1, 0.15) is 0 Å². The molecule has 1 aliphatic heterocycles. The van der Waals surface area contributed by atoms with E-state index in [4.69, 9.17) is 9.47 Å². The number of aliphatic imine (C=N–C) groups is 1. The lowest BCUT2D eigenvalue weighted by molar-refractivity contribution is -0.138. The summed E-state index contributed by atoms with van der Waals surface area (Å²) in [5, 5.41) is 6.67. The first kappa shape index (κ1) is 19.3. The van der Waals surface area contributed by atoms with Gasteiger partial charge in [-0.25, -0.2) is 4.99 Å². The minimum atomic E-state index is -0.321. The Labute approximate surface area is 161 Å². The van der Waals surface area contributed by atoms with Crippen LogP contribution in [0.3, 0.4) is 0 Å². The van der Waals surface area contributed by atoms with Crippen LogP contribution in [-0.2, 0) is 11.3 Å². The Kier molecular flexibility index (Phi) is 6.08. The number of hydrogen-bond donors (Lipinski definition) is 2. The van der Waals surface area contributed by atoms with Crippen molar-refractivity contribution in [3.63, 3.8) is 0 Å². The monoisotopic (exact) mass is 374 g/mol. The molecule has 1 heterocycles. The molecule has 2 aliphatic rings. The van der Waals surface area contributed by atoms with Gasteiger partial charge in [-0.2, -0.15) is 0 Å². The zero-order chi connectivity index (χ0) is 19.3. The molecule has 7 heteroatoms. The Bertz CT molecular complexity index is 696. The number of guanidine groups is 1. The van der Waals surface area contributed by atoms with Crippen LogP contribution in [0.5, 0.6) is 11.5 Å². The van der Waals surface area contributed by atoms with Crippen LogP contribution in [0.1, 0.15) is 38.2 Å². The van der Waals surface area contributed by atoms with Gasteiger partial charge in [0.25, 0.3) is 0 Å². The molecule has 1 saturated carbocycles. The molecule has 148 valence electrons. The van der Waals surface area contributed by atoms with E-state index >= 15 is 0 Å². The second kappa shape index (κ2) is 8.50. The van der Waals surface area contributed by atoms with Crippen molar-refractivity contribution in [3.8, 4) is 11.5 Å². The third-order valence-corrected chi connectivity index (χ3v) is 5.22. The van der Waals surface area contributed by atoms with Gasteiger partial charge in [0.2, 0.25) is 12.7 Å². The highest BCUT2D eigenvalue weighted by atomic mass is 16.7. The van der Waals surface area contributed by atoms with Gasteiger partial charge in [0.05, 0.1) is 12.0 Å². The van der Waals surface area contributed by atoms with E-state index in [-0.39, 0.29) is 18.1 Å². The van der Waals surface area contributed by atoms with E-state index in [2.05, 4.69) is 15.6 Å². The van der Waals surface area contributed by atoms with Crippen LogP contribution in [-0.4, -0.2) is 50.7 Å². The van der Waals surface area contributed by atoms with Gasteiger partial charge in [-0.05, 0) is 37.5 Å². The molecule has 0 radical (unpaired) electrons. The number of nitrogens with one attached hydrogen (secondary N) is 2. The number of benzene rings is 1. The van der Waals surface area contributed by atoms with E-state index in [0.29, 0.717) is 13.1 Å². The lowest BCUT2D eigenvalue weighted by Gasteiger charge is -2.31. The standard InChI is InChI=1S/C20H30N4O3/c1-4-21-19(22-12-15-7-8-16-17(11-15)27-14-26-16)23-13-20(9-5-6-10-20)18(25)24(2)3/h7-8,11H,4-6,9-10,12-14H2,1-3H3,(H2,21,22,23). The molecule has 0 bridgehead atoms. The molecule has 0 saturated heterocycles. The van der Waals surface area contributed by atoms with Crippen LogP contribution >= 0.6 is 0 Å². The summed E-state index contributed by atoms with van der Waals surface area (Å²) in [6.45, 7) is 4.21. The maximum atomic E-state index is 12.7. The van der Waals surface area contributed by atoms with Crippen molar-refractivity contribution in [1.29, 1.82) is 0 Å². The van der Waals surface area contributed by atoms with Crippen molar-refractivity contribution >= 4 is 11.9 Å². The third-order valence-electron chi connectivity index (χ3n) is 5.22. The Morgan fingerprint density at radius 1 is 1.19 bits per heavy atom. The van der Waals surface area contributed by atoms with Crippen molar-refractivity contribution in [2.45, 2.75) is 39.2 Å². The number of nitrogens with zero attached hydrogens (tertiary/aromatic N) is 2. The zero-order valence-corrected chi connectivity index (χ0v) is 16.5. The minimum absolute atomic E-state index is 0.208. The first-order valence-corrected chi connectivity index (χ1v) is 9.66. The maximum absolute atomic E-state index is 12.7. The highest BCUT2D eigenvalue weighted by molar-refractivity contribution is 5.85. The SMILES string of the molecule is CCNC(=NCc1ccc2c(c1)OCO2)NCC1(C(=O)N(C)C)CCCC1. The lowest BCUT2D eigenvalue weighted by atomic mass is 9.84. The van der Waals surface area contributed by atoms with Crippen molar-refractivity contribution in [1.82, 2.24) is 15.5 Å². The van der Waals surface area contributed by atoms with Gasteiger partial charge in [-0.3, -0.25) is 4.79 Å². The summed E-state index contributed by atoms with van der Waals surface area (Å²) in [4.78, 5) is 19.1. The van der Waals surface area contributed by atoms with Crippen molar-refractivity contribution in [3.05, 3.63) is 23.8 Å². The fourth-order valence-corrected chi connectivity index (χ4v) is 3.80. The summed E-state index contributed by atoms with van der Waals surface area (Å²) >= 11 is 0.